The summed E-state index contributed by atoms with van der Waals surface area (Å²) >= 11 is 7.86. The van der Waals surface area contributed by atoms with Crippen molar-refractivity contribution in [2.24, 2.45) is 0 Å². The number of aromatic nitrogens is 4. The molecule has 2 aromatic heterocycles. The van der Waals surface area contributed by atoms with Crippen LogP contribution < -0.4 is 0 Å². The quantitative estimate of drug-likeness (QED) is 0.350. The number of nitrogens with zero attached hydrogens (tertiary/aromatic N) is 4. The van der Waals surface area contributed by atoms with Crippen LogP contribution in [-0.2, 0) is 18.4 Å². The van der Waals surface area contributed by atoms with Gasteiger partial charge in [-0.05, 0) is 0 Å². The lowest BCUT2D eigenvalue weighted by Gasteiger charge is -2.54. The van der Waals surface area contributed by atoms with Gasteiger partial charge in [0.2, 0.25) is 0 Å². The Labute approximate surface area is 192 Å². The highest BCUT2D eigenvalue weighted by Gasteiger charge is 2.65. The fourth-order valence-electron chi connectivity index (χ4n) is 4.87. The van der Waals surface area contributed by atoms with E-state index in [1.807, 2.05) is 4.57 Å². The SMILES string of the molecule is CC(=O)O[C@@H]1[C@@H]2O[Si](C(C)(C)C)(C(C)(C)C)OC[C@H]2S[C@H]1n1cnc2c(Cl)ncnc21. The van der Waals surface area contributed by atoms with E-state index in [2.05, 4.69) is 56.5 Å². The average molecular weight is 485 g/mol. The molecule has 0 aromatic carbocycles. The van der Waals surface area contributed by atoms with Crippen molar-refractivity contribution in [2.75, 3.05) is 6.61 Å². The lowest BCUT2D eigenvalue weighted by molar-refractivity contribution is -0.154. The second-order valence-electron chi connectivity index (χ2n) is 10.1. The predicted molar refractivity (Wildman–Crippen MR) is 122 cm³/mol. The molecule has 31 heavy (non-hydrogen) atoms. The Hall–Kier alpha value is -1.20. The summed E-state index contributed by atoms with van der Waals surface area (Å²) in [6.07, 6.45) is 2.30. The van der Waals surface area contributed by atoms with Gasteiger partial charge in [0.15, 0.2) is 16.9 Å². The zero-order valence-electron chi connectivity index (χ0n) is 18.9. The summed E-state index contributed by atoms with van der Waals surface area (Å²) in [4.78, 5) is 24.9. The smallest absolute Gasteiger partial charge is 0.349 e. The minimum absolute atomic E-state index is 0.0226. The molecule has 0 aliphatic carbocycles. The van der Waals surface area contributed by atoms with Gasteiger partial charge in [-0.25, -0.2) is 15.0 Å². The molecule has 170 valence electrons. The average Bonchev–Trinajstić information content (AvgIpc) is 3.21. The van der Waals surface area contributed by atoms with Crippen molar-refractivity contribution in [3.05, 3.63) is 17.8 Å². The molecule has 0 bridgehead atoms. The van der Waals surface area contributed by atoms with Crippen LogP contribution in [-0.4, -0.2) is 58.1 Å². The maximum atomic E-state index is 12.1. The van der Waals surface area contributed by atoms with Gasteiger partial charge in [0.05, 0.1) is 18.2 Å². The Morgan fingerprint density at radius 1 is 1.23 bits per heavy atom. The molecule has 0 N–H and O–H groups in total. The highest BCUT2D eigenvalue weighted by molar-refractivity contribution is 8.00. The molecule has 0 unspecified atom stereocenters. The Morgan fingerprint density at radius 2 is 1.90 bits per heavy atom. The van der Waals surface area contributed by atoms with E-state index in [0.29, 0.717) is 22.9 Å². The third-order valence-electron chi connectivity index (χ3n) is 5.90. The van der Waals surface area contributed by atoms with E-state index in [1.54, 1.807) is 18.1 Å². The summed E-state index contributed by atoms with van der Waals surface area (Å²) in [6.45, 7) is 15.0. The summed E-state index contributed by atoms with van der Waals surface area (Å²) < 4.78 is 21.3. The van der Waals surface area contributed by atoms with E-state index < -0.39 is 14.7 Å². The van der Waals surface area contributed by atoms with Crippen LogP contribution in [0, 0.1) is 0 Å². The van der Waals surface area contributed by atoms with Gasteiger partial charge in [0.1, 0.15) is 23.3 Å². The Morgan fingerprint density at radius 3 is 2.52 bits per heavy atom. The number of fused-ring (bicyclic) bond motifs is 2. The first-order valence-corrected chi connectivity index (χ1v) is 13.5. The molecule has 2 aliphatic heterocycles. The van der Waals surface area contributed by atoms with Crippen molar-refractivity contribution in [1.82, 2.24) is 19.5 Å². The van der Waals surface area contributed by atoms with Crippen LogP contribution in [0.4, 0.5) is 0 Å². The monoisotopic (exact) mass is 484 g/mol. The van der Waals surface area contributed by atoms with Gasteiger partial charge in [0.25, 0.3) is 0 Å². The Kier molecular flexibility index (Phi) is 5.70. The molecular weight excluding hydrogens is 456 g/mol. The van der Waals surface area contributed by atoms with Crippen LogP contribution in [0.1, 0.15) is 53.8 Å². The zero-order valence-corrected chi connectivity index (χ0v) is 21.5. The molecule has 0 radical (unpaired) electrons. The van der Waals surface area contributed by atoms with E-state index in [4.69, 9.17) is 25.2 Å². The number of rotatable bonds is 2. The Balaban J connectivity index is 1.76. The maximum absolute atomic E-state index is 12.1. The van der Waals surface area contributed by atoms with Gasteiger partial charge >= 0.3 is 14.5 Å². The van der Waals surface area contributed by atoms with Gasteiger partial charge in [-0.15, -0.1) is 11.8 Å². The topological polar surface area (TPSA) is 88.4 Å². The standard InChI is InChI=1S/C20H29ClN4O4SSi/c1-11(26)28-15-14-12(8-27-31(29-14,19(2,3)4)20(5,6)7)30-18(15)25-10-24-13-16(21)22-9-23-17(13)25/h9-10,12,14-15,18H,8H2,1-7H3/t12-,14-,15-,18-/m1/s1. The molecular formula is C20H29ClN4O4SSi. The van der Waals surface area contributed by atoms with E-state index in [0.717, 1.165) is 0 Å². The summed E-state index contributed by atoms with van der Waals surface area (Å²) in [5.41, 5.74) is 1.12. The number of thioether (sulfide) groups is 1. The first kappa shape index (κ1) is 23.0. The van der Waals surface area contributed by atoms with Crippen LogP contribution in [0.3, 0.4) is 0 Å². The summed E-state index contributed by atoms with van der Waals surface area (Å²) in [5, 5.41) is -0.276. The summed E-state index contributed by atoms with van der Waals surface area (Å²) in [7, 11) is -2.72. The highest BCUT2D eigenvalue weighted by Crippen LogP contribution is 2.58. The number of carbonyl (C=O) groups is 1. The van der Waals surface area contributed by atoms with E-state index in [9.17, 15) is 4.79 Å². The lowest BCUT2D eigenvalue weighted by atomic mass is 10.1. The molecule has 4 atom stereocenters. The number of carbonyl (C=O) groups excluding carboxylic acids is 1. The zero-order chi connectivity index (χ0) is 22.8. The van der Waals surface area contributed by atoms with Gasteiger partial charge < -0.3 is 13.6 Å². The van der Waals surface area contributed by atoms with E-state index >= 15 is 0 Å². The maximum Gasteiger partial charge on any atom is 0.349 e. The van der Waals surface area contributed by atoms with Crippen LogP contribution in [0.5, 0.6) is 0 Å². The normalized spacial score (nSPS) is 28.5. The molecule has 4 heterocycles. The van der Waals surface area contributed by atoms with Gasteiger partial charge in [-0.1, -0.05) is 53.1 Å². The van der Waals surface area contributed by atoms with E-state index in [1.165, 1.54) is 13.3 Å². The number of ether oxygens (including phenoxy) is 1. The van der Waals surface area contributed by atoms with Gasteiger partial charge in [-0.2, -0.15) is 0 Å². The number of imidazole rings is 1. The van der Waals surface area contributed by atoms with Gasteiger partial charge in [-0.3, -0.25) is 9.36 Å². The first-order valence-electron chi connectivity index (χ1n) is 10.3. The van der Waals surface area contributed by atoms with Crippen molar-refractivity contribution in [1.29, 1.82) is 0 Å². The molecule has 2 aromatic rings. The van der Waals surface area contributed by atoms with Crippen molar-refractivity contribution >= 4 is 49.1 Å². The molecule has 2 saturated heterocycles. The van der Waals surface area contributed by atoms with Crippen LogP contribution in [0.2, 0.25) is 15.2 Å². The highest BCUT2D eigenvalue weighted by atomic mass is 35.5. The minimum Gasteiger partial charge on any atom is -0.457 e. The molecule has 2 aliphatic rings. The second kappa shape index (κ2) is 7.69. The van der Waals surface area contributed by atoms with Crippen LogP contribution in [0.25, 0.3) is 11.2 Å². The molecule has 11 heteroatoms. The molecule has 8 nitrogen and oxygen atoms in total. The number of esters is 1. The molecule has 0 saturated carbocycles. The fraction of sp³-hybridized carbons (Fsp3) is 0.700. The van der Waals surface area contributed by atoms with Crippen LogP contribution >= 0.6 is 23.4 Å². The molecule has 0 amide bonds. The third kappa shape index (κ3) is 3.70. The fourth-order valence-corrected chi connectivity index (χ4v) is 11.8. The predicted octanol–water partition coefficient (Wildman–Crippen LogP) is 4.48. The van der Waals surface area contributed by atoms with Crippen LogP contribution in [0.15, 0.2) is 12.7 Å². The van der Waals surface area contributed by atoms with Crippen molar-refractivity contribution < 1.29 is 18.4 Å². The van der Waals surface area contributed by atoms with Gasteiger partial charge in [0, 0.05) is 17.0 Å². The van der Waals surface area contributed by atoms with E-state index in [-0.39, 0.29) is 32.8 Å². The second-order valence-corrected chi connectivity index (χ2v) is 16.6. The summed E-state index contributed by atoms with van der Waals surface area (Å²) in [6, 6.07) is 0. The minimum atomic E-state index is -2.72. The third-order valence-corrected chi connectivity index (χ3v) is 12.8. The largest absolute Gasteiger partial charge is 0.457 e. The van der Waals surface area contributed by atoms with Crippen molar-refractivity contribution in [3.63, 3.8) is 0 Å². The number of hydrogen-bond acceptors (Lipinski definition) is 8. The molecule has 2 fully saturated rings. The number of hydrogen-bond donors (Lipinski definition) is 0. The Bertz CT molecular complexity index is 991. The molecule has 0 spiro atoms. The summed E-state index contributed by atoms with van der Waals surface area (Å²) in [5.74, 6) is -0.345. The molecule has 4 rings (SSSR count). The lowest BCUT2D eigenvalue weighted by Crippen LogP contribution is -2.65. The van der Waals surface area contributed by atoms with Crippen molar-refractivity contribution in [3.8, 4) is 0 Å². The van der Waals surface area contributed by atoms with Crippen molar-refractivity contribution in [2.45, 2.75) is 81.4 Å². The number of halogens is 1. The first-order chi connectivity index (χ1) is 14.4.